The summed E-state index contributed by atoms with van der Waals surface area (Å²) in [4.78, 5) is 43.9. The van der Waals surface area contributed by atoms with Crippen LogP contribution in [0.3, 0.4) is 0 Å². The zero-order valence-electron chi connectivity index (χ0n) is 25.9. The Hall–Kier alpha value is -4.01. The Kier molecular flexibility index (Phi) is 10.8. The number of likely N-dealkylation sites (N-methyl/N-ethyl adjacent to an activating group) is 1. The van der Waals surface area contributed by atoms with Crippen molar-refractivity contribution in [3.8, 4) is 11.1 Å². The van der Waals surface area contributed by atoms with E-state index in [1.165, 1.54) is 5.56 Å². The minimum absolute atomic E-state index is 0.0181. The lowest BCUT2D eigenvalue weighted by atomic mass is 9.93. The Labute approximate surface area is 261 Å². The lowest BCUT2D eigenvalue weighted by molar-refractivity contribution is -0.122. The number of benzene rings is 3. The van der Waals surface area contributed by atoms with Crippen LogP contribution in [0, 0.1) is 5.92 Å². The molecular formula is C36H44N4O4. The Morgan fingerprint density at radius 2 is 1.45 bits per heavy atom. The first kappa shape index (κ1) is 31.4. The molecule has 0 aliphatic carbocycles. The van der Waals surface area contributed by atoms with Gasteiger partial charge in [-0.25, -0.2) is 4.79 Å². The van der Waals surface area contributed by atoms with Crippen LogP contribution in [-0.2, 0) is 16.1 Å². The average Bonchev–Trinajstić information content (AvgIpc) is 3.05. The SMILES string of the molecule is CC(=O)C1CCN(Cc2ccc(C(=O)N(C)CCN3CCC(OC(=O)Nc4ccccc4-c4ccccc4)CC3)cc2)CC1. The Bertz CT molecular complexity index is 1400. The predicted octanol–water partition coefficient (Wildman–Crippen LogP) is 5.94. The third-order valence-electron chi connectivity index (χ3n) is 8.92. The zero-order valence-corrected chi connectivity index (χ0v) is 25.9. The van der Waals surface area contributed by atoms with E-state index < -0.39 is 6.09 Å². The summed E-state index contributed by atoms with van der Waals surface area (Å²) in [5, 5.41) is 2.93. The van der Waals surface area contributed by atoms with E-state index in [1.807, 2.05) is 85.9 Å². The van der Waals surface area contributed by atoms with E-state index in [-0.39, 0.29) is 17.9 Å². The van der Waals surface area contributed by atoms with Gasteiger partial charge in [0.15, 0.2) is 0 Å². The molecule has 8 heteroatoms. The average molecular weight is 597 g/mol. The lowest BCUT2D eigenvalue weighted by Gasteiger charge is -2.32. The number of para-hydroxylation sites is 1. The maximum absolute atomic E-state index is 13.1. The first-order valence-electron chi connectivity index (χ1n) is 15.8. The molecule has 0 atom stereocenters. The van der Waals surface area contributed by atoms with Crippen LogP contribution in [0.4, 0.5) is 10.5 Å². The number of ether oxygens (including phenoxy) is 1. The van der Waals surface area contributed by atoms with E-state index in [9.17, 15) is 14.4 Å². The topological polar surface area (TPSA) is 82.2 Å². The second kappa shape index (κ2) is 15.1. The number of hydrogen-bond donors (Lipinski definition) is 1. The van der Waals surface area contributed by atoms with Crippen molar-refractivity contribution in [3.63, 3.8) is 0 Å². The van der Waals surface area contributed by atoms with E-state index in [4.69, 9.17) is 4.74 Å². The predicted molar refractivity (Wildman–Crippen MR) is 174 cm³/mol. The fourth-order valence-electron chi connectivity index (χ4n) is 6.12. The highest BCUT2D eigenvalue weighted by atomic mass is 16.6. The smallest absolute Gasteiger partial charge is 0.411 e. The molecule has 2 heterocycles. The highest BCUT2D eigenvalue weighted by molar-refractivity contribution is 5.94. The number of carbonyl (C=O) groups excluding carboxylic acids is 3. The van der Waals surface area contributed by atoms with Gasteiger partial charge < -0.3 is 14.5 Å². The number of nitrogens with zero attached hydrogens (tertiary/aromatic N) is 3. The summed E-state index contributed by atoms with van der Waals surface area (Å²) in [5.74, 6) is 0.531. The number of ketones is 1. The van der Waals surface area contributed by atoms with E-state index in [1.54, 1.807) is 11.8 Å². The zero-order chi connectivity index (χ0) is 30.9. The lowest BCUT2D eigenvalue weighted by Crippen LogP contribution is -2.42. The summed E-state index contributed by atoms with van der Waals surface area (Å²) < 4.78 is 5.77. The van der Waals surface area contributed by atoms with E-state index in [0.29, 0.717) is 17.9 Å². The molecule has 0 radical (unpaired) electrons. The summed E-state index contributed by atoms with van der Waals surface area (Å²) in [6, 6.07) is 25.6. The van der Waals surface area contributed by atoms with Crippen molar-refractivity contribution in [2.75, 3.05) is 51.6 Å². The maximum atomic E-state index is 13.1. The molecule has 8 nitrogen and oxygen atoms in total. The number of amides is 2. The van der Waals surface area contributed by atoms with Crippen LogP contribution in [0.25, 0.3) is 11.1 Å². The van der Waals surface area contributed by atoms with Gasteiger partial charge >= 0.3 is 6.09 Å². The van der Waals surface area contributed by atoms with Gasteiger partial charge in [-0.15, -0.1) is 0 Å². The first-order valence-corrected chi connectivity index (χ1v) is 15.8. The van der Waals surface area contributed by atoms with Gasteiger partial charge in [-0.05, 0) is 75.0 Å². The number of rotatable bonds is 10. The van der Waals surface area contributed by atoms with Crippen molar-refractivity contribution in [1.82, 2.24) is 14.7 Å². The van der Waals surface area contributed by atoms with Crippen molar-refractivity contribution < 1.29 is 19.1 Å². The molecule has 5 rings (SSSR count). The summed E-state index contributed by atoms with van der Waals surface area (Å²) >= 11 is 0. The Morgan fingerprint density at radius 1 is 0.818 bits per heavy atom. The van der Waals surface area contributed by atoms with Crippen molar-refractivity contribution in [2.24, 2.45) is 5.92 Å². The van der Waals surface area contributed by atoms with Gasteiger partial charge in [0.25, 0.3) is 5.91 Å². The molecule has 2 amide bonds. The number of hydrogen-bond acceptors (Lipinski definition) is 6. The highest BCUT2D eigenvalue weighted by Crippen LogP contribution is 2.28. The standard InChI is InChI=1S/C36H44N4O4/c1-27(41)29-16-20-40(21-17-29)26-28-12-14-31(15-13-28)35(42)38(2)24-25-39-22-18-32(19-23-39)44-36(43)37-34-11-7-6-10-33(34)30-8-4-3-5-9-30/h3-15,29,32H,16-26H2,1-2H3,(H,37,43). The van der Waals surface area contributed by atoms with Crippen LogP contribution >= 0.6 is 0 Å². The monoisotopic (exact) mass is 596 g/mol. The Balaban J connectivity index is 1.01. The number of Topliss-reactive ketones (excluding diaryl/α,β-unsaturated/α-hetero) is 1. The molecule has 2 fully saturated rings. The van der Waals surface area contributed by atoms with Crippen LogP contribution in [0.5, 0.6) is 0 Å². The molecule has 44 heavy (non-hydrogen) atoms. The molecule has 2 aliphatic rings. The van der Waals surface area contributed by atoms with E-state index >= 15 is 0 Å². The molecule has 0 unspecified atom stereocenters. The minimum atomic E-state index is -0.430. The van der Waals surface area contributed by atoms with Gasteiger partial charge in [0.05, 0.1) is 5.69 Å². The molecule has 0 saturated carbocycles. The number of carbonyl (C=O) groups is 3. The van der Waals surface area contributed by atoms with Crippen molar-refractivity contribution in [3.05, 3.63) is 90.0 Å². The molecule has 1 N–H and O–H groups in total. The molecule has 3 aromatic rings. The molecule has 0 aromatic heterocycles. The van der Waals surface area contributed by atoms with Gasteiger partial charge in [-0.3, -0.25) is 19.8 Å². The number of anilines is 1. The largest absolute Gasteiger partial charge is 0.446 e. The third-order valence-corrected chi connectivity index (χ3v) is 8.92. The fraction of sp³-hybridized carbons (Fsp3) is 0.417. The van der Waals surface area contributed by atoms with Crippen molar-refractivity contribution >= 4 is 23.5 Å². The number of piperidine rings is 2. The van der Waals surface area contributed by atoms with Gasteiger partial charge in [0.2, 0.25) is 0 Å². The second-order valence-electron chi connectivity index (χ2n) is 12.1. The van der Waals surface area contributed by atoms with Crippen LogP contribution < -0.4 is 5.32 Å². The number of nitrogens with one attached hydrogen (secondary N) is 1. The molecular weight excluding hydrogens is 552 g/mol. The summed E-state index contributed by atoms with van der Waals surface area (Å²) in [7, 11) is 1.85. The van der Waals surface area contributed by atoms with E-state index in [2.05, 4.69) is 15.1 Å². The summed E-state index contributed by atoms with van der Waals surface area (Å²) in [6.45, 7) is 7.46. The normalized spacial score (nSPS) is 16.8. The number of likely N-dealkylation sites (tertiary alicyclic amines) is 2. The maximum Gasteiger partial charge on any atom is 0.411 e. The van der Waals surface area contributed by atoms with Crippen molar-refractivity contribution in [2.45, 2.75) is 45.3 Å². The quantitative estimate of drug-likeness (QED) is 0.312. The van der Waals surface area contributed by atoms with Gasteiger partial charge in [-0.2, -0.15) is 0 Å². The van der Waals surface area contributed by atoms with Gasteiger partial charge in [0, 0.05) is 56.8 Å². The van der Waals surface area contributed by atoms with E-state index in [0.717, 1.165) is 81.8 Å². The van der Waals surface area contributed by atoms with Crippen molar-refractivity contribution in [1.29, 1.82) is 0 Å². The summed E-state index contributed by atoms with van der Waals surface area (Å²) in [6.07, 6.45) is 2.83. The highest BCUT2D eigenvalue weighted by Gasteiger charge is 2.24. The van der Waals surface area contributed by atoms with Gasteiger partial charge in [-0.1, -0.05) is 60.7 Å². The Morgan fingerprint density at radius 3 is 2.14 bits per heavy atom. The van der Waals surface area contributed by atoms with Crippen LogP contribution in [0.15, 0.2) is 78.9 Å². The van der Waals surface area contributed by atoms with Crippen LogP contribution in [0.1, 0.15) is 48.5 Å². The molecule has 0 spiro atoms. The third kappa shape index (κ3) is 8.55. The molecule has 2 saturated heterocycles. The summed E-state index contributed by atoms with van der Waals surface area (Å²) in [5.41, 5.74) is 4.60. The van der Waals surface area contributed by atoms with Gasteiger partial charge in [0.1, 0.15) is 11.9 Å². The van der Waals surface area contributed by atoms with Crippen LogP contribution in [0.2, 0.25) is 0 Å². The molecule has 3 aromatic carbocycles. The second-order valence-corrected chi connectivity index (χ2v) is 12.1. The first-order chi connectivity index (χ1) is 21.4. The molecule has 0 bridgehead atoms. The molecule has 2 aliphatic heterocycles. The molecule has 232 valence electrons. The minimum Gasteiger partial charge on any atom is -0.446 e. The fourth-order valence-corrected chi connectivity index (χ4v) is 6.12. The van der Waals surface area contributed by atoms with Crippen LogP contribution in [-0.4, -0.2) is 84.9 Å².